The Morgan fingerprint density at radius 3 is 2.23 bits per heavy atom. The molecule has 0 amide bonds. The maximum absolute atomic E-state index is 14.3. The maximum atomic E-state index is 14.3. The number of esters is 1. The molecule has 4 aliphatic rings. The molecule has 0 heterocycles. The van der Waals surface area contributed by atoms with Crippen LogP contribution in [0.25, 0.3) is 0 Å². The first-order valence-corrected chi connectivity index (χ1v) is 14.4. The highest BCUT2D eigenvalue weighted by Gasteiger charge is 2.74. The van der Waals surface area contributed by atoms with Crippen LogP contribution in [0.15, 0.2) is 23.8 Å². The summed E-state index contributed by atoms with van der Waals surface area (Å²) >= 11 is 0. The summed E-state index contributed by atoms with van der Waals surface area (Å²) in [5.41, 5.74) is -5.33. The van der Waals surface area contributed by atoms with Gasteiger partial charge in [0.1, 0.15) is 23.1 Å². The first-order valence-electron chi connectivity index (χ1n) is 14.4. The van der Waals surface area contributed by atoms with E-state index in [1.54, 1.807) is 13.8 Å². The summed E-state index contributed by atoms with van der Waals surface area (Å²) in [5.74, 6) is -2.96. The van der Waals surface area contributed by atoms with E-state index in [2.05, 4.69) is 13.0 Å². The first-order chi connectivity index (χ1) is 18.1. The zero-order valence-electron chi connectivity index (χ0n) is 25.3. The minimum atomic E-state index is -1.99. The highest BCUT2D eigenvalue weighted by atomic mass is 16.6. The molecular weight excluding hydrogens is 512 g/mol. The summed E-state index contributed by atoms with van der Waals surface area (Å²) in [7, 11) is 0. The van der Waals surface area contributed by atoms with Crippen LogP contribution in [-0.2, 0) is 23.9 Å². The summed E-state index contributed by atoms with van der Waals surface area (Å²) in [4.78, 5) is 52.1. The highest BCUT2D eigenvalue weighted by Crippen LogP contribution is 2.74. The van der Waals surface area contributed by atoms with Gasteiger partial charge >= 0.3 is 5.97 Å². The van der Waals surface area contributed by atoms with Gasteiger partial charge < -0.3 is 20.1 Å². The van der Waals surface area contributed by atoms with Crippen LogP contribution in [0, 0.1) is 39.4 Å². The lowest BCUT2D eigenvalue weighted by Crippen LogP contribution is -2.65. The summed E-state index contributed by atoms with van der Waals surface area (Å²) in [6.07, 6.45) is 3.50. The molecule has 40 heavy (non-hydrogen) atoms. The predicted octanol–water partition coefficient (Wildman–Crippen LogP) is 3.50. The van der Waals surface area contributed by atoms with Gasteiger partial charge in [0, 0.05) is 36.5 Å². The van der Waals surface area contributed by atoms with Crippen LogP contribution in [0.1, 0.15) is 88.0 Å². The summed E-state index contributed by atoms with van der Waals surface area (Å²) in [6, 6.07) is 0. The van der Waals surface area contributed by atoms with Gasteiger partial charge in [-0.25, -0.2) is 0 Å². The van der Waals surface area contributed by atoms with Gasteiger partial charge in [-0.1, -0.05) is 46.3 Å². The predicted molar refractivity (Wildman–Crippen MR) is 148 cm³/mol. The number of carbonyl (C=O) groups excluding carboxylic acids is 4. The molecule has 0 aromatic carbocycles. The second-order valence-corrected chi connectivity index (χ2v) is 14.8. The molecule has 3 N–H and O–H groups in total. The van der Waals surface area contributed by atoms with E-state index in [-0.39, 0.29) is 36.2 Å². The van der Waals surface area contributed by atoms with E-state index >= 15 is 0 Å². The van der Waals surface area contributed by atoms with Gasteiger partial charge in [-0.2, -0.15) is 0 Å². The Morgan fingerprint density at radius 1 is 1.05 bits per heavy atom. The van der Waals surface area contributed by atoms with E-state index in [0.29, 0.717) is 12.8 Å². The zero-order chi connectivity index (χ0) is 30.4. The number of rotatable bonds is 5. The van der Waals surface area contributed by atoms with Gasteiger partial charge in [-0.3, -0.25) is 19.2 Å². The van der Waals surface area contributed by atoms with Crippen LogP contribution >= 0.6 is 0 Å². The van der Waals surface area contributed by atoms with E-state index in [0.717, 1.165) is 5.57 Å². The SMILES string of the molecule is CC(=O)OC(C)(C)/C=C/C(=O)C(C)(O)C1C(O)CC2(C)C3CC=C4C(CC(=O)C(O)C4(C)C)C3(C)C(=O)CC12C. The lowest BCUT2D eigenvalue weighted by atomic mass is 9.38. The Morgan fingerprint density at radius 2 is 1.65 bits per heavy atom. The lowest BCUT2D eigenvalue weighted by molar-refractivity contribution is -0.183. The Labute approximate surface area is 237 Å². The average Bonchev–Trinajstić information content (AvgIpc) is 3.01. The molecule has 9 unspecified atom stereocenters. The summed E-state index contributed by atoms with van der Waals surface area (Å²) in [5, 5.41) is 33.9. The molecule has 3 fully saturated rings. The van der Waals surface area contributed by atoms with Crippen LogP contribution in [-0.4, -0.2) is 62.0 Å². The third kappa shape index (κ3) is 4.11. The Hall–Kier alpha value is -2.16. The number of aliphatic hydroxyl groups is 3. The Bertz CT molecular complexity index is 1210. The number of aliphatic hydroxyl groups excluding tert-OH is 2. The van der Waals surface area contributed by atoms with Gasteiger partial charge in [0.15, 0.2) is 11.6 Å². The fraction of sp³-hybridized carbons (Fsp3) is 0.750. The second kappa shape index (κ2) is 9.17. The minimum absolute atomic E-state index is 0.0399. The van der Waals surface area contributed by atoms with Crippen LogP contribution in [0.3, 0.4) is 0 Å². The molecule has 0 radical (unpaired) electrons. The monoisotopic (exact) mass is 558 g/mol. The second-order valence-electron chi connectivity index (χ2n) is 14.8. The van der Waals surface area contributed by atoms with Crippen LogP contribution < -0.4 is 0 Å². The fourth-order valence-electron chi connectivity index (χ4n) is 9.35. The molecule has 0 aliphatic heterocycles. The largest absolute Gasteiger partial charge is 0.456 e. The maximum Gasteiger partial charge on any atom is 0.303 e. The molecule has 4 aliphatic carbocycles. The number of ether oxygens (including phenoxy) is 1. The molecule has 4 rings (SSSR count). The molecule has 8 nitrogen and oxygen atoms in total. The fourth-order valence-corrected chi connectivity index (χ4v) is 9.35. The number of ketones is 3. The lowest BCUT2D eigenvalue weighted by Gasteiger charge is -2.64. The number of carbonyl (C=O) groups is 4. The molecule has 0 bridgehead atoms. The van der Waals surface area contributed by atoms with Crippen molar-refractivity contribution in [1.82, 2.24) is 0 Å². The summed E-state index contributed by atoms with van der Waals surface area (Å²) in [6.45, 7) is 15.5. The first kappa shape index (κ1) is 30.8. The molecule has 0 aromatic rings. The van der Waals surface area contributed by atoms with Gasteiger partial charge in [0.25, 0.3) is 0 Å². The van der Waals surface area contributed by atoms with E-state index < -0.39 is 62.7 Å². The van der Waals surface area contributed by atoms with E-state index in [4.69, 9.17) is 4.74 Å². The van der Waals surface area contributed by atoms with Crippen molar-refractivity contribution in [2.24, 2.45) is 39.4 Å². The number of allylic oxidation sites excluding steroid dienone is 1. The van der Waals surface area contributed by atoms with Crippen molar-refractivity contribution in [3.8, 4) is 0 Å². The van der Waals surface area contributed by atoms with Crippen molar-refractivity contribution >= 4 is 23.3 Å². The Balaban J connectivity index is 1.75. The molecule has 222 valence electrons. The van der Waals surface area contributed by atoms with Crippen LogP contribution in [0.5, 0.6) is 0 Å². The third-order valence-electron chi connectivity index (χ3n) is 11.6. The van der Waals surface area contributed by atoms with Crippen molar-refractivity contribution in [3.05, 3.63) is 23.8 Å². The van der Waals surface area contributed by atoms with Crippen molar-refractivity contribution < 1.29 is 39.2 Å². The molecule has 9 atom stereocenters. The average molecular weight is 559 g/mol. The molecule has 0 spiro atoms. The van der Waals surface area contributed by atoms with E-state index in [1.165, 1.54) is 26.0 Å². The van der Waals surface area contributed by atoms with Gasteiger partial charge in [-0.15, -0.1) is 0 Å². The molecule has 8 heteroatoms. The van der Waals surface area contributed by atoms with Gasteiger partial charge in [0.2, 0.25) is 0 Å². The number of hydrogen-bond donors (Lipinski definition) is 3. The molecule has 3 saturated carbocycles. The molecule has 0 saturated heterocycles. The zero-order valence-corrected chi connectivity index (χ0v) is 25.3. The van der Waals surface area contributed by atoms with Gasteiger partial charge in [-0.05, 0) is 68.4 Å². The number of Topliss-reactive ketones (excluding diaryl/α,β-unsaturated/α-hetero) is 2. The van der Waals surface area contributed by atoms with Crippen LogP contribution in [0.2, 0.25) is 0 Å². The van der Waals surface area contributed by atoms with E-state index in [1.807, 2.05) is 27.7 Å². The topological polar surface area (TPSA) is 138 Å². The summed E-state index contributed by atoms with van der Waals surface area (Å²) < 4.78 is 5.23. The van der Waals surface area contributed by atoms with Crippen molar-refractivity contribution in [3.63, 3.8) is 0 Å². The van der Waals surface area contributed by atoms with Crippen molar-refractivity contribution in [2.75, 3.05) is 0 Å². The molecular formula is C32H46O8. The van der Waals surface area contributed by atoms with E-state index in [9.17, 15) is 34.5 Å². The minimum Gasteiger partial charge on any atom is -0.456 e. The number of hydrogen-bond acceptors (Lipinski definition) is 8. The van der Waals surface area contributed by atoms with Crippen LogP contribution in [0.4, 0.5) is 0 Å². The Kier molecular flexibility index (Phi) is 7.06. The quantitative estimate of drug-likeness (QED) is 0.265. The third-order valence-corrected chi connectivity index (χ3v) is 11.6. The number of fused-ring (bicyclic) bond motifs is 5. The standard InChI is InChI=1S/C32H46O8/c1-17(33)40-27(2,3)13-12-23(36)32(9,39)25-21(35)15-29(6)22-11-10-18-19(14-20(34)26(38)28(18,4)5)31(22,8)24(37)16-30(25,29)7/h10,12-13,19,21-22,25-26,35,38-39H,11,14-16H2,1-9H3/b13-12+. The van der Waals surface area contributed by atoms with Crippen molar-refractivity contribution in [1.29, 1.82) is 0 Å². The van der Waals surface area contributed by atoms with Gasteiger partial charge in [0.05, 0.1) is 6.10 Å². The highest BCUT2D eigenvalue weighted by molar-refractivity contribution is 5.97. The van der Waals surface area contributed by atoms with Crippen molar-refractivity contribution in [2.45, 2.75) is 111 Å². The smallest absolute Gasteiger partial charge is 0.303 e. The molecule has 0 aromatic heterocycles. The normalized spacial score (nSPS) is 42.4.